The minimum atomic E-state index is -0.425. The first-order valence-corrected chi connectivity index (χ1v) is 8.85. The van der Waals surface area contributed by atoms with Gasteiger partial charge < -0.3 is 16.5 Å². The molecule has 1 fully saturated rings. The highest BCUT2D eigenvalue weighted by atomic mass is 16.1. The van der Waals surface area contributed by atoms with Crippen LogP contribution in [0.1, 0.15) is 24.8 Å². The number of carbonyl (C=O) groups excluding carboxylic acids is 1. The normalized spacial score (nSPS) is 17.4. The summed E-state index contributed by atoms with van der Waals surface area (Å²) in [5, 5.41) is 11.3. The quantitative estimate of drug-likeness (QED) is 0.410. The number of nitrogens with zero attached hydrogens (tertiary/aromatic N) is 2. The average Bonchev–Trinajstić information content (AvgIpc) is 3.17. The summed E-state index contributed by atoms with van der Waals surface area (Å²) in [6.45, 7) is 0.449. The second kappa shape index (κ2) is 6.81. The van der Waals surface area contributed by atoms with Gasteiger partial charge in [0.25, 0.3) is 5.91 Å². The number of carbonyl (C=O) groups is 1. The Morgan fingerprint density at radius 2 is 1.85 bits per heavy atom. The third-order valence-electron chi connectivity index (χ3n) is 5.29. The number of anilines is 1. The maximum absolute atomic E-state index is 12.3. The molecule has 138 valence electrons. The summed E-state index contributed by atoms with van der Waals surface area (Å²) in [5.41, 5.74) is 14.3. The van der Waals surface area contributed by atoms with Crippen molar-refractivity contribution in [3.63, 3.8) is 0 Å². The topological polar surface area (TPSA) is 129 Å². The molecule has 1 amide bonds. The zero-order valence-electron chi connectivity index (χ0n) is 14.7. The molecule has 1 saturated carbocycles. The molecule has 8 heteroatoms. The second-order valence-electron chi connectivity index (χ2n) is 6.84. The lowest BCUT2D eigenvalue weighted by atomic mass is 9.63. The standard InChI is InChI=1S/C19H21N7O/c20-17(26-16(27)14-10-24-25-11-14)19(6-1-7-19)15-4-2-12(3-5-15)13-8-22-18(21)23-9-13/h2-5,8-10,24-25H,1,6-7,11H2,(H2,20,26,27)(H2,21,22,23). The summed E-state index contributed by atoms with van der Waals surface area (Å²) in [4.78, 5) is 20.4. The van der Waals surface area contributed by atoms with Crippen molar-refractivity contribution in [1.82, 2.24) is 26.1 Å². The highest BCUT2D eigenvalue weighted by Gasteiger charge is 2.43. The zero-order chi connectivity index (χ0) is 18.9. The Labute approximate surface area is 156 Å². The van der Waals surface area contributed by atoms with E-state index >= 15 is 0 Å². The number of nitrogens with two attached hydrogens (primary N) is 1. The molecule has 1 aromatic carbocycles. The van der Waals surface area contributed by atoms with E-state index in [9.17, 15) is 4.79 Å². The lowest BCUT2D eigenvalue weighted by Crippen LogP contribution is -2.50. The largest absolute Gasteiger partial charge is 0.368 e. The molecule has 0 atom stereocenters. The highest BCUT2D eigenvalue weighted by Crippen LogP contribution is 2.44. The number of nitrogens with one attached hydrogen (secondary N) is 4. The number of aromatic nitrogens is 2. The van der Waals surface area contributed by atoms with Crippen molar-refractivity contribution >= 4 is 17.7 Å². The fourth-order valence-electron chi connectivity index (χ4n) is 3.48. The average molecular weight is 363 g/mol. The summed E-state index contributed by atoms with van der Waals surface area (Å²) < 4.78 is 0. The van der Waals surface area contributed by atoms with E-state index in [1.54, 1.807) is 18.6 Å². The number of nitrogen functional groups attached to an aromatic ring is 1. The van der Waals surface area contributed by atoms with Gasteiger partial charge in [-0.2, -0.15) is 0 Å². The van der Waals surface area contributed by atoms with E-state index in [-0.39, 0.29) is 17.7 Å². The maximum atomic E-state index is 12.3. The van der Waals surface area contributed by atoms with Crippen molar-refractivity contribution in [3.05, 3.63) is 54.0 Å². The van der Waals surface area contributed by atoms with Crippen LogP contribution in [0.4, 0.5) is 5.95 Å². The molecule has 4 rings (SSSR count). The zero-order valence-corrected chi connectivity index (χ0v) is 14.7. The lowest BCUT2D eigenvalue weighted by Gasteiger charge is -2.42. The Balaban J connectivity index is 1.53. The molecule has 0 saturated heterocycles. The molecule has 0 spiro atoms. The van der Waals surface area contributed by atoms with Gasteiger partial charge in [-0.25, -0.2) is 15.4 Å². The molecular formula is C19H21N7O. The highest BCUT2D eigenvalue weighted by molar-refractivity contribution is 6.09. The van der Waals surface area contributed by atoms with Crippen LogP contribution in [0.5, 0.6) is 0 Å². The van der Waals surface area contributed by atoms with Gasteiger partial charge >= 0.3 is 0 Å². The molecule has 0 radical (unpaired) electrons. The molecule has 27 heavy (non-hydrogen) atoms. The number of hydrogen-bond acceptors (Lipinski definition) is 7. The summed E-state index contributed by atoms with van der Waals surface area (Å²) in [7, 11) is 0. The first kappa shape index (κ1) is 17.2. The Morgan fingerprint density at radius 3 is 2.41 bits per heavy atom. The van der Waals surface area contributed by atoms with Gasteiger partial charge in [-0.1, -0.05) is 30.7 Å². The van der Waals surface area contributed by atoms with Crippen LogP contribution in [-0.2, 0) is 10.2 Å². The van der Waals surface area contributed by atoms with Gasteiger partial charge in [0, 0.05) is 36.3 Å². The smallest absolute Gasteiger partial charge is 0.255 e. The van der Waals surface area contributed by atoms with E-state index in [2.05, 4.69) is 26.1 Å². The van der Waals surface area contributed by atoms with Crippen molar-refractivity contribution < 1.29 is 4.79 Å². The Bertz CT molecular complexity index is 899. The van der Waals surface area contributed by atoms with Crippen LogP contribution in [0, 0.1) is 5.41 Å². The van der Waals surface area contributed by atoms with E-state index in [0.29, 0.717) is 12.1 Å². The fourth-order valence-corrected chi connectivity index (χ4v) is 3.48. The molecule has 1 aliphatic carbocycles. The van der Waals surface area contributed by atoms with Crippen molar-refractivity contribution in [3.8, 4) is 11.1 Å². The number of hydrazine groups is 1. The third kappa shape index (κ3) is 3.15. The van der Waals surface area contributed by atoms with Crippen molar-refractivity contribution in [2.24, 2.45) is 0 Å². The van der Waals surface area contributed by atoms with Crippen LogP contribution < -0.4 is 21.9 Å². The predicted molar refractivity (Wildman–Crippen MR) is 103 cm³/mol. The van der Waals surface area contributed by atoms with Gasteiger partial charge in [0.2, 0.25) is 5.95 Å². The molecular weight excluding hydrogens is 342 g/mol. The Hall–Kier alpha value is -3.26. The number of rotatable bonds is 4. The molecule has 2 aliphatic rings. The van der Waals surface area contributed by atoms with Crippen LogP contribution in [0.25, 0.3) is 11.1 Å². The molecule has 6 N–H and O–H groups in total. The molecule has 2 aromatic rings. The number of amides is 1. The molecule has 0 bridgehead atoms. The number of benzene rings is 1. The second-order valence-corrected chi connectivity index (χ2v) is 6.84. The number of amidine groups is 1. The molecule has 1 aliphatic heterocycles. The number of hydrogen-bond donors (Lipinski definition) is 5. The van der Waals surface area contributed by atoms with E-state index in [1.165, 1.54) is 0 Å². The summed E-state index contributed by atoms with van der Waals surface area (Å²) in [6.07, 6.45) is 7.75. The Kier molecular flexibility index (Phi) is 4.33. The summed E-state index contributed by atoms with van der Waals surface area (Å²) in [6, 6.07) is 8.02. The van der Waals surface area contributed by atoms with Gasteiger partial charge in [-0.3, -0.25) is 10.2 Å². The maximum Gasteiger partial charge on any atom is 0.255 e. The van der Waals surface area contributed by atoms with Crippen LogP contribution >= 0.6 is 0 Å². The van der Waals surface area contributed by atoms with Gasteiger partial charge in [0.05, 0.1) is 5.41 Å². The van der Waals surface area contributed by atoms with Crippen molar-refractivity contribution in [2.75, 3.05) is 12.3 Å². The minimum absolute atomic E-state index is 0.237. The monoisotopic (exact) mass is 363 g/mol. The first-order valence-electron chi connectivity index (χ1n) is 8.85. The predicted octanol–water partition coefficient (Wildman–Crippen LogP) is 1.23. The van der Waals surface area contributed by atoms with Crippen LogP contribution in [0.3, 0.4) is 0 Å². The fraction of sp³-hybridized carbons (Fsp3) is 0.263. The van der Waals surface area contributed by atoms with Gasteiger partial charge in [0.15, 0.2) is 0 Å². The van der Waals surface area contributed by atoms with E-state index in [1.807, 2.05) is 24.3 Å². The van der Waals surface area contributed by atoms with Gasteiger partial charge in [-0.05, 0) is 24.0 Å². The van der Waals surface area contributed by atoms with Gasteiger partial charge in [0.1, 0.15) is 5.84 Å². The third-order valence-corrected chi connectivity index (χ3v) is 5.29. The van der Waals surface area contributed by atoms with Gasteiger partial charge in [-0.15, -0.1) is 0 Å². The van der Waals surface area contributed by atoms with Crippen LogP contribution in [0.15, 0.2) is 48.4 Å². The molecule has 0 unspecified atom stereocenters. The summed E-state index contributed by atoms with van der Waals surface area (Å²) >= 11 is 0. The molecule has 1 aromatic heterocycles. The SMILES string of the molecule is N=C(NC(=O)C1=CNNC1)C1(c2ccc(-c3cnc(N)nc3)cc2)CCC1. The van der Waals surface area contributed by atoms with Crippen molar-refractivity contribution in [1.29, 1.82) is 5.41 Å². The van der Waals surface area contributed by atoms with Crippen LogP contribution in [-0.4, -0.2) is 28.3 Å². The minimum Gasteiger partial charge on any atom is -0.368 e. The lowest BCUT2D eigenvalue weighted by molar-refractivity contribution is -0.116. The van der Waals surface area contributed by atoms with E-state index in [4.69, 9.17) is 11.1 Å². The summed E-state index contributed by atoms with van der Waals surface area (Å²) in [5.74, 6) is 0.269. The molecule has 8 nitrogen and oxygen atoms in total. The molecule has 2 heterocycles. The van der Waals surface area contributed by atoms with E-state index < -0.39 is 5.41 Å². The van der Waals surface area contributed by atoms with Crippen LogP contribution in [0.2, 0.25) is 0 Å². The van der Waals surface area contributed by atoms with E-state index in [0.717, 1.165) is 36.0 Å². The Morgan fingerprint density at radius 1 is 1.15 bits per heavy atom. The van der Waals surface area contributed by atoms with Crippen molar-refractivity contribution in [2.45, 2.75) is 24.7 Å². The first-order chi connectivity index (χ1) is 13.1.